The predicted molar refractivity (Wildman–Crippen MR) is 173 cm³/mol. The minimum absolute atomic E-state index is 0.0994. The van der Waals surface area contributed by atoms with Crippen LogP contribution in [0.4, 0.5) is 0 Å². The van der Waals surface area contributed by atoms with Crippen molar-refractivity contribution in [3.8, 4) is 11.5 Å². The number of ether oxygens (including phenoxy) is 6. The highest BCUT2D eigenvalue weighted by Gasteiger charge is 2.24. The minimum atomic E-state index is -1.40. The number of hydrogen-bond donors (Lipinski definition) is 3. The molecule has 0 saturated carbocycles. The van der Waals surface area contributed by atoms with Gasteiger partial charge in [-0.15, -0.1) is 0 Å². The summed E-state index contributed by atoms with van der Waals surface area (Å²) in [6.45, 7) is 9.88. The molecule has 0 amide bonds. The van der Waals surface area contributed by atoms with Crippen molar-refractivity contribution in [2.24, 2.45) is 0 Å². The molecule has 0 fully saturated rings. The van der Waals surface area contributed by atoms with Crippen molar-refractivity contribution in [1.82, 2.24) is 0 Å². The van der Waals surface area contributed by atoms with Crippen LogP contribution in [0.5, 0.6) is 11.5 Å². The smallest absolute Gasteiger partial charge is 0.330 e. The average molecular weight is 687 g/mol. The Morgan fingerprint density at radius 1 is 0.694 bits per heavy atom. The summed E-state index contributed by atoms with van der Waals surface area (Å²) in [5.74, 6) is -3.49. The van der Waals surface area contributed by atoms with E-state index in [1.807, 2.05) is 38.1 Å². The van der Waals surface area contributed by atoms with E-state index in [9.17, 15) is 29.1 Å². The molecule has 0 aliphatic rings. The van der Waals surface area contributed by atoms with Gasteiger partial charge in [0, 0.05) is 24.0 Å². The van der Waals surface area contributed by atoms with Gasteiger partial charge in [-0.3, -0.25) is 14.4 Å². The lowest BCUT2D eigenvalue weighted by atomic mass is 9.78. The number of hydrogen-bond acceptors (Lipinski definition) is 12. The fraction of sp³-hybridized carbons (Fsp3) is 0.400. The Hall–Kier alpha value is -5.21. The van der Waals surface area contributed by atoms with E-state index in [0.717, 1.165) is 23.3 Å². The maximum absolute atomic E-state index is 12.0. The van der Waals surface area contributed by atoms with Gasteiger partial charge >= 0.3 is 29.8 Å². The summed E-state index contributed by atoms with van der Waals surface area (Å²) in [6.07, 6.45) is -2.53. The molecule has 3 unspecified atom stereocenters. The molecule has 2 aromatic rings. The molecule has 0 aromatic heterocycles. The highest BCUT2D eigenvalue weighted by molar-refractivity contribution is 5.81. The lowest BCUT2D eigenvalue weighted by Gasteiger charge is -2.27. The van der Waals surface area contributed by atoms with Crippen molar-refractivity contribution in [1.29, 1.82) is 0 Å². The lowest BCUT2D eigenvalue weighted by Crippen LogP contribution is -2.32. The number of carbonyl (C=O) groups is 5. The van der Waals surface area contributed by atoms with Gasteiger partial charge in [0.2, 0.25) is 0 Å². The van der Waals surface area contributed by atoms with Crippen LogP contribution < -0.4 is 9.47 Å². The molecular weight excluding hydrogens is 644 g/mol. The quantitative estimate of drug-likeness (QED) is 0.0663. The number of carbonyl (C=O) groups excluding carboxylic acids is 3. The Labute approximate surface area is 283 Å². The van der Waals surface area contributed by atoms with Crippen molar-refractivity contribution in [2.45, 2.75) is 63.4 Å². The molecule has 0 heterocycles. The monoisotopic (exact) mass is 686 g/mol. The second-order valence-electron chi connectivity index (χ2n) is 11.1. The van der Waals surface area contributed by atoms with E-state index in [4.69, 9.17) is 38.6 Å². The highest BCUT2D eigenvalue weighted by atomic mass is 16.6. The Bertz CT molecular complexity index is 1410. The summed E-state index contributed by atoms with van der Waals surface area (Å²) in [4.78, 5) is 56.6. The number of aliphatic carboxylic acids is 2. The third kappa shape index (κ3) is 15.0. The molecule has 0 aliphatic carbocycles. The number of carboxylic acid groups (broad SMARTS) is 2. The van der Waals surface area contributed by atoms with E-state index in [-0.39, 0.29) is 45.7 Å². The molecule has 266 valence electrons. The third-order valence-corrected chi connectivity index (χ3v) is 6.98. The van der Waals surface area contributed by atoms with E-state index in [1.54, 1.807) is 24.3 Å². The number of benzene rings is 2. The summed E-state index contributed by atoms with van der Waals surface area (Å²) >= 11 is 0. The molecule has 0 bridgehead atoms. The predicted octanol–water partition coefficient (Wildman–Crippen LogP) is 3.57. The van der Waals surface area contributed by atoms with Crippen LogP contribution in [0, 0.1) is 0 Å². The fourth-order valence-electron chi connectivity index (χ4n) is 4.18. The van der Waals surface area contributed by atoms with Crippen LogP contribution >= 0.6 is 0 Å². The van der Waals surface area contributed by atoms with Gasteiger partial charge in [-0.25, -0.2) is 9.59 Å². The Morgan fingerprint density at radius 2 is 1.14 bits per heavy atom. The molecule has 14 heteroatoms. The molecule has 14 nitrogen and oxygen atoms in total. The van der Waals surface area contributed by atoms with Crippen LogP contribution in [-0.4, -0.2) is 90.1 Å². The topological polar surface area (TPSA) is 201 Å². The van der Waals surface area contributed by atoms with Crippen LogP contribution in [0.15, 0.2) is 73.8 Å². The zero-order valence-corrected chi connectivity index (χ0v) is 27.4. The van der Waals surface area contributed by atoms with Gasteiger partial charge in [0.1, 0.15) is 44.0 Å². The number of carboxylic acids is 2. The van der Waals surface area contributed by atoms with E-state index < -0.39 is 60.2 Å². The van der Waals surface area contributed by atoms with Crippen molar-refractivity contribution >= 4 is 29.8 Å². The molecule has 2 aromatic carbocycles. The first kappa shape index (κ1) is 40.0. The van der Waals surface area contributed by atoms with Gasteiger partial charge in [0.15, 0.2) is 12.4 Å². The summed E-state index contributed by atoms with van der Waals surface area (Å²) in [5, 5.41) is 27.7. The molecule has 2 rings (SSSR count). The number of rotatable bonds is 23. The largest absolute Gasteiger partial charge is 0.491 e. The fourth-order valence-corrected chi connectivity index (χ4v) is 4.18. The molecule has 3 N–H and O–H groups in total. The molecule has 0 saturated heterocycles. The van der Waals surface area contributed by atoms with Crippen LogP contribution in [0.25, 0.3) is 0 Å². The van der Waals surface area contributed by atoms with Crippen molar-refractivity contribution < 1.29 is 67.7 Å². The highest BCUT2D eigenvalue weighted by Crippen LogP contribution is 2.33. The van der Waals surface area contributed by atoms with Crippen LogP contribution in [-0.2, 0) is 48.3 Å². The molecular formula is C35H42O14. The maximum Gasteiger partial charge on any atom is 0.330 e. The number of aliphatic hydroxyl groups excluding tert-OH is 1. The van der Waals surface area contributed by atoms with E-state index in [0.29, 0.717) is 11.5 Å². The van der Waals surface area contributed by atoms with Crippen molar-refractivity contribution in [3.05, 3.63) is 85.0 Å². The SMILES string of the molecule is C=CC(=O)OCC(COc1ccc(C(C)(C)c2ccc(OCC(COC(=O)C=C)OC(O)CCC(=O)O)cc2)cc1)OC(=O)CCC(=O)O. The minimum Gasteiger partial charge on any atom is -0.491 e. The normalized spacial score (nSPS) is 12.8. The van der Waals surface area contributed by atoms with E-state index in [2.05, 4.69) is 13.2 Å². The molecule has 0 aliphatic heterocycles. The van der Waals surface area contributed by atoms with Crippen LogP contribution in [0.2, 0.25) is 0 Å². The first-order valence-corrected chi connectivity index (χ1v) is 15.2. The summed E-state index contributed by atoms with van der Waals surface area (Å²) in [5.41, 5.74) is 1.43. The second-order valence-corrected chi connectivity index (χ2v) is 11.1. The summed E-state index contributed by atoms with van der Waals surface area (Å²) in [6, 6.07) is 14.5. The third-order valence-electron chi connectivity index (χ3n) is 6.98. The average Bonchev–Trinajstić information content (AvgIpc) is 3.08. The van der Waals surface area contributed by atoms with Gasteiger partial charge in [0.25, 0.3) is 0 Å². The number of esters is 3. The maximum atomic E-state index is 12.0. The Morgan fingerprint density at radius 3 is 1.59 bits per heavy atom. The Balaban J connectivity index is 2.03. The van der Waals surface area contributed by atoms with Gasteiger partial charge < -0.3 is 43.7 Å². The summed E-state index contributed by atoms with van der Waals surface area (Å²) in [7, 11) is 0. The lowest BCUT2D eigenvalue weighted by molar-refractivity contribution is -0.172. The van der Waals surface area contributed by atoms with Gasteiger partial charge in [-0.2, -0.15) is 0 Å². The molecule has 0 radical (unpaired) electrons. The number of aliphatic hydroxyl groups is 1. The van der Waals surface area contributed by atoms with Gasteiger partial charge in [0.05, 0.1) is 19.3 Å². The summed E-state index contributed by atoms with van der Waals surface area (Å²) < 4.78 is 32.2. The Kier molecular flexibility index (Phi) is 16.5. The van der Waals surface area contributed by atoms with Crippen molar-refractivity contribution in [2.75, 3.05) is 26.4 Å². The zero-order valence-electron chi connectivity index (χ0n) is 27.4. The zero-order chi connectivity index (χ0) is 36.4. The van der Waals surface area contributed by atoms with Crippen molar-refractivity contribution in [3.63, 3.8) is 0 Å². The first-order chi connectivity index (χ1) is 23.2. The van der Waals surface area contributed by atoms with E-state index >= 15 is 0 Å². The first-order valence-electron chi connectivity index (χ1n) is 15.2. The standard InChI is InChI=1S/C35H42O14/c1-5-31(40)46-21-27(48-33(42)17-15-29(36)37)19-44-25-11-7-23(8-12-25)35(3,4)24-9-13-26(14-10-24)45-20-28(22-47-32(41)6-2)49-34(43)18-16-30(38)39/h5-14,27-28,33,42H,1-2,15-22H2,3-4H3,(H,36,37)(H,38,39). The molecule has 0 spiro atoms. The van der Waals surface area contributed by atoms with Crippen LogP contribution in [0.1, 0.15) is 50.7 Å². The van der Waals surface area contributed by atoms with Crippen LogP contribution in [0.3, 0.4) is 0 Å². The van der Waals surface area contributed by atoms with Gasteiger partial charge in [-0.1, -0.05) is 51.3 Å². The van der Waals surface area contributed by atoms with Gasteiger partial charge in [-0.05, 0) is 35.4 Å². The molecule has 49 heavy (non-hydrogen) atoms. The second kappa shape index (κ2) is 20.2. The molecule has 3 atom stereocenters. The van der Waals surface area contributed by atoms with E-state index in [1.165, 1.54) is 0 Å².